The van der Waals surface area contributed by atoms with E-state index in [1.165, 1.54) is 6.07 Å². The predicted molar refractivity (Wildman–Crippen MR) is 73.2 cm³/mol. The molecule has 0 atom stereocenters. The number of halogens is 3. The molecular formula is C15H14F3NO2. The van der Waals surface area contributed by atoms with E-state index in [1.54, 1.807) is 31.4 Å². The van der Waals surface area contributed by atoms with Crippen LogP contribution >= 0.6 is 0 Å². The maximum absolute atomic E-state index is 12.5. The van der Waals surface area contributed by atoms with Gasteiger partial charge in [-0.1, -0.05) is 6.07 Å². The normalized spacial score (nSPS) is 11.2. The molecule has 2 rings (SSSR count). The van der Waals surface area contributed by atoms with Gasteiger partial charge >= 0.3 is 6.18 Å². The smallest absolute Gasteiger partial charge is 0.416 e. The van der Waals surface area contributed by atoms with Gasteiger partial charge in [-0.15, -0.1) is 0 Å². The molecule has 6 heteroatoms. The van der Waals surface area contributed by atoms with Crippen LogP contribution in [0.5, 0.6) is 11.5 Å². The van der Waals surface area contributed by atoms with Crippen molar-refractivity contribution in [3.05, 3.63) is 53.6 Å². The van der Waals surface area contributed by atoms with Gasteiger partial charge in [0.05, 0.1) is 12.7 Å². The molecule has 3 nitrogen and oxygen atoms in total. The van der Waals surface area contributed by atoms with Gasteiger partial charge in [0, 0.05) is 11.3 Å². The molecule has 21 heavy (non-hydrogen) atoms. The van der Waals surface area contributed by atoms with E-state index in [2.05, 4.69) is 0 Å². The molecule has 2 aromatic rings. The number of anilines is 1. The van der Waals surface area contributed by atoms with Crippen LogP contribution in [-0.4, -0.2) is 7.11 Å². The largest absolute Gasteiger partial charge is 0.497 e. The van der Waals surface area contributed by atoms with Crippen molar-refractivity contribution in [1.29, 1.82) is 0 Å². The molecule has 2 aromatic carbocycles. The second-order valence-corrected chi connectivity index (χ2v) is 4.38. The van der Waals surface area contributed by atoms with Crippen molar-refractivity contribution in [2.24, 2.45) is 0 Å². The molecule has 0 aromatic heterocycles. The number of rotatable bonds is 4. The quantitative estimate of drug-likeness (QED) is 0.871. The first-order valence-corrected chi connectivity index (χ1v) is 6.12. The minimum absolute atomic E-state index is 0.0540. The number of hydrogen-bond donors (Lipinski definition) is 1. The zero-order chi connectivity index (χ0) is 15.5. The predicted octanol–water partition coefficient (Wildman–Crippen LogP) is 3.88. The number of ether oxygens (including phenoxy) is 2. The van der Waals surface area contributed by atoms with E-state index in [0.29, 0.717) is 17.1 Å². The van der Waals surface area contributed by atoms with Crippen molar-refractivity contribution in [1.82, 2.24) is 0 Å². The van der Waals surface area contributed by atoms with Crippen LogP contribution in [0.25, 0.3) is 0 Å². The van der Waals surface area contributed by atoms with Crippen molar-refractivity contribution in [3.63, 3.8) is 0 Å². The van der Waals surface area contributed by atoms with Gasteiger partial charge in [0.25, 0.3) is 0 Å². The van der Waals surface area contributed by atoms with E-state index in [9.17, 15) is 13.2 Å². The molecule has 2 N–H and O–H groups in total. The number of hydrogen-bond acceptors (Lipinski definition) is 3. The Hall–Kier alpha value is -2.37. The lowest BCUT2D eigenvalue weighted by Crippen LogP contribution is -2.07. The first-order chi connectivity index (χ1) is 9.90. The third-order valence-electron chi connectivity index (χ3n) is 2.93. The lowest BCUT2D eigenvalue weighted by Gasteiger charge is -2.12. The summed E-state index contributed by atoms with van der Waals surface area (Å²) in [6.45, 7) is 0.0936. The Morgan fingerprint density at radius 3 is 2.14 bits per heavy atom. The van der Waals surface area contributed by atoms with Crippen LogP contribution in [0.15, 0.2) is 42.5 Å². The summed E-state index contributed by atoms with van der Waals surface area (Å²) in [5.74, 6) is 1.27. The lowest BCUT2D eigenvalue weighted by molar-refractivity contribution is -0.137. The summed E-state index contributed by atoms with van der Waals surface area (Å²) >= 11 is 0. The number of methoxy groups -OCH3 is 1. The van der Waals surface area contributed by atoms with Crippen LogP contribution in [0.4, 0.5) is 18.9 Å². The summed E-state index contributed by atoms with van der Waals surface area (Å²) in [6.07, 6.45) is -4.40. The lowest BCUT2D eigenvalue weighted by atomic mass is 10.1. The van der Waals surface area contributed by atoms with E-state index in [1.807, 2.05) is 0 Å². The summed E-state index contributed by atoms with van der Waals surface area (Å²) < 4.78 is 48.1. The van der Waals surface area contributed by atoms with E-state index < -0.39 is 11.7 Å². The maximum Gasteiger partial charge on any atom is 0.416 e. The Morgan fingerprint density at radius 1 is 1.00 bits per heavy atom. The third kappa shape index (κ3) is 3.81. The standard InChI is InChI=1S/C15H14F3NO2/c1-20-12-4-6-13(7-5-12)21-9-10-2-3-11(8-14(10)19)15(16,17)18/h2-8H,9,19H2,1H3. The maximum atomic E-state index is 12.5. The summed E-state index contributed by atoms with van der Waals surface area (Å²) in [5.41, 5.74) is 5.41. The Balaban J connectivity index is 2.06. The van der Waals surface area contributed by atoms with Crippen LogP contribution in [0.3, 0.4) is 0 Å². The molecule has 0 spiro atoms. The Morgan fingerprint density at radius 2 is 1.62 bits per heavy atom. The second-order valence-electron chi connectivity index (χ2n) is 4.38. The summed E-state index contributed by atoms with van der Waals surface area (Å²) in [6, 6.07) is 10.1. The van der Waals surface area contributed by atoms with E-state index >= 15 is 0 Å². The first kappa shape index (κ1) is 15.0. The molecule has 0 aliphatic rings. The fourth-order valence-electron chi connectivity index (χ4n) is 1.74. The van der Waals surface area contributed by atoms with E-state index in [-0.39, 0.29) is 12.3 Å². The van der Waals surface area contributed by atoms with Crippen LogP contribution < -0.4 is 15.2 Å². The molecule has 0 saturated heterocycles. The molecule has 0 fully saturated rings. The molecule has 0 radical (unpaired) electrons. The molecule has 0 saturated carbocycles. The Kier molecular flexibility index (Phi) is 4.26. The average Bonchev–Trinajstić information content (AvgIpc) is 2.45. The van der Waals surface area contributed by atoms with Gasteiger partial charge in [-0.2, -0.15) is 13.2 Å². The van der Waals surface area contributed by atoms with Crippen LogP contribution in [-0.2, 0) is 12.8 Å². The van der Waals surface area contributed by atoms with E-state index in [0.717, 1.165) is 12.1 Å². The number of nitrogens with two attached hydrogens (primary N) is 1. The topological polar surface area (TPSA) is 44.5 Å². The van der Waals surface area contributed by atoms with Crippen molar-refractivity contribution in [2.75, 3.05) is 12.8 Å². The zero-order valence-electron chi connectivity index (χ0n) is 11.3. The van der Waals surface area contributed by atoms with Crippen LogP contribution in [0.1, 0.15) is 11.1 Å². The SMILES string of the molecule is COc1ccc(OCc2ccc(C(F)(F)F)cc2N)cc1. The second kappa shape index (κ2) is 5.95. The highest BCUT2D eigenvalue weighted by Crippen LogP contribution is 2.31. The van der Waals surface area contributed by atoms with Crippen LogP contribution in [0, 0.1) is 0 Å². The van der Waals surface area contributed by atoms with Crippen molar-refractivity contribution >= 4 is 5.69 Å². The minimum Gasteiger partial charge on any atom is -0.497 e. The monoisotopic (exact) mass is 297 g/mol. The highest BCUT2D eigenvalue weighted by molar-refractivity contribution is 5.49. The van der Waals surface area contributed by atoms with Gasteiger partial charge in [0.2, 0.25) is 0 Å². The van der Waals surface area contributed by atoms with Gasteiger partial charge in [0.1, 0.15) is 18.1 Å². The Bertz CT molecular complexity index is 609. The number of nitrogen functional groups attached to an aromatic ring is 1. The van der Waals surface area contributed by atoms with Gasteiger partial charge in [-0.05, 0) is 36.4 Å². The van der Waals surface area contributed by atoms with Crippen molar-refractivity contribution < 1.29 is 22.6 Å². The number of alkyl halides is 3. The molecule has 0 aliphatic heterocycles. The van der Waals surface area contributed by atoms with Crippen molar-refractivity contribution in [2.45, 2.75) is 12.8 Å². The van der Waals surface area contributed by atoms with Crippen molar-refractivity contribution in [3.8, 4) is 11.5 Å². The fourth-order valence-corrected chi connectivity index (χ4v) is 1.74. The van der Waals surface area contributed by atoms with E-state index in [4.69, 9.17) is 15.2 Å². The molecule has 0 bridgehead atoms. The summed E-state index contributed by atoms with van der Waals surface area (Å²) in [7, 11) is 1.55. The zero-order valence-corrected chi connectivity index (χ0v) is 11.3. The molecule has 0 amide bonds. The Labute approximate surface area is 120 Å². The fraction of sp³-hybridized carbons (Fsp3) is 0.200. The molecular weight excluding hydrogens is 283 g/mol. The number of benzene rings is 2. The van der Waals surface area contributed by atoms with Gasteiger partial charge in [-0.3, -0.25) is 0 Å². The summed E-state index contributed by atoms with van der Waals surface area (Å²) in [5, 5.41) is 0. The summed E-state index contributed by atoms with van der Waals surface area (Å²) in [4.78, 5) is 0. The molecule has 0 aliphatic carbocycles. The highest BCUT2D eigenvalue weighted by atomic mass is 19.4. The average molecular weight is 297 g/mol. The van der Waals surface area contributed by atoms with Gasteiger partial charge in [0.15, 0.2) is 0 Å². The highest BCUT2D eigenvalue weighted by Gasteiger charge is 2.30. The van der Waals surface area contributed by atoms with Gasteiger partial charge in [-0.25, -0.2) is 0 Å². The first-order valence-electron chi connectivity index (χ1n) is 6.12. The third-order valence-corrected chi connectivity index (χ3v) is 2.93. The van der Waals surface area contributed by atoms with Crippen LogP contribution in [0.2, 0.25) is 0 Å². The minimum atomic E-state index is -4.40. The molecule has 0 unspecified atom stereocenters. The molecule has 0 heterocycles. The molecule has 112 valence electrons. The van der Waals surface area contributed by atoms with Gasteiger partial charge < -0.3 is 15.2 Å².